The Morgan fingerprint density at radius 3 is 2.76 bits per heavy atom. The highest BCUT2D eigenvalue weighted by molar-refractivity contribution is 5.05. The van der Waals surface area contributed by atoms with Gasteiger partial charge in [-0.2, -0.15) is 5.10 Å². The van der Waals surface area contributed by atoms with Crippen LogP contribution in [0.1, 0.15) is 51.5 Å². The fourth-order valence-corrected chi connectivity index (χ4v) is 3.82. The number of nitrogens with zero attached hydrogens (tertiary/aromatic N) is 3. The van der Waals surface area contributed by atoms with Crippen molar-refractivity contribution in [1.29, 1.82) is 0 Å². The molecule has 0 bridgehead atoms. The van der Waals surface area contributed by atoms with Gasteiger partial charge in [-0.05, 0) is 38.1 Å². The molecule has 2 N–H and O–H groups in total. The Morgan fingerprint density at radius 2 is 2.19 bits per heavy atom. The molecule has 0 aromatic carbocycles. The van der Waals surface area contributed by atoms with Crippen molar-refractivity contribution in [3.05, 3.63) is 18.0 Å². The van der Waals surface area contributed by atoms with Crippen molar-refractivity contribution >= 4 is 0 Å². The number of hydrogen-bond donors (Lipinski definition) is 1. The predicted molar refractivity (Wildman–Crippen MR) is 87.9 cm³/mol. The van der Waals surface area contributed by atoms with Crippen LogP contribution in [0.2, 0.25) is 0 Å². The van der Waals surface area contributed by atoms with Gasteiger partial charge in [-0.25, -0.2) is 0 Å². The normalized spacial score (nSPS) is 27.3. The molecule has 4 nitrogen and oxygen atoms in total. The molecule has 2 unspecified atom stereocenters. The minimum absolute atomic E-state index is 0.166. The van der Waals surface area contributed by atoms with Gasteiger partial charge in [0.25, 0.3) is 0 Å². The van der Waals surface area contributed by atoms with Crippen LogP contribution in [0.15, 0.2) is 12.4 Å². The van der Waals surface area contributed by atoms with Crippen molar-refractivity contribution in [2.24, 2.45) is 24.6 Å². The minimum atomic E-state index is 0.166. The van der Waals surface area contributed by atoms with Crippen molar-refractivity contribution < 1.29 is 0 Å². The summed E-state index contributed by atoms with van der Waals surface area (Å²) in [6.45, 7) is 6.42. The van der Waals surface area contributed by atoms with E-state index >= 15 is 0 Å². The number of hydrogen-bond acceptors (Lipinski definition) is 3. The number of likely N-dealkylation sites (N-methyl/N-ethyl adjacent to an activating group) is 1. The second-order valence-corrected chi connectivity index (χ2v) is 7.24. The summed E-state index contributed by atoms with van der Waals surface area (Å²) in [6, 6.07) is 0. The summed E-state index contributed by atoms with van der Waals surface area (Å²) in [6.07, 6.45) is 10.5. The molecule has 0 saturated heterocycles. The highest BCUT2D eigenvalue weighted by Gasteiger charge is 2.36. The largest absolute Gasteiger partial charge is 0.329 e. The maximum Gasteiger partial charge on any atom is 0.0534 e. The lowest BCUT2D eigenvalue weighted by atomic mass is 9.85. The third-order valence-corrected chi connectivity index (χ3v) is 5.51. The average Bonchev–Trinajstić information content (AvgIpc) is 2.74. The highest BCUT2D eigenvalue weighted by atomic mass is 15.2. The van der Waals surface area contributed by atoms with E-state index in [1.807, 2.05) is 17.9 Å². The van der Waals surface area contributed by atoms with Gasteiger partial charge in [0.1, 0.15) is 0 Å². The average molecular weight is 292 g/mol. The van der Waals surface area contributed by atoms with E-state index in [1.165, 1.54) is 37.7 Å². The Balaban J connectivity index is 2.05. The summed E-state index contributed by atoms with van der Waals surface area (Å²) >= 11 is 0. The van der Waals surface area contributed by atoms with Crippen molar-refractivity contribution in [3.63, 3.8) is 0 Å². The van der Waals surface area contributed by atoms with Crippen molar-refractivity contribution in [3.8, 4) is 0 Å². The Labute approximate surface area is 129 Å². The van der Waals surface area contributed by atoms with E-state index in [1.54, 1.807) is 0 Å². The third kappa shape index (κ3) is 3.86. The van der Waals surface area contributed by atoms with E-state index in [2.05, 4.69) is 37.1 Å². The second-order valence-electron chi connectivity index (χ2n) is 7.24. The molecule has 1 aliphatic carbocycles. The van der Waals surface area contributed by atoms with Crippen LogP contribution in [-0.4, -0.2) is 33.8 Å². The summed E-state index contributed by atoms with van der Waals surface area (Å²) in [5, 5.41) is 4.28. The molecule has 2 rings (SSSR count). The molecule has 1 saturated carbocycles. The summed E-state index contributed by atoms with van der Waals surface area (Å²) in [7, 11) is 4.21. The molecule has 0 radical (unpaired) electrons. The molecule has 0 aliphatic heterocycles. The topological polar surface area (TPSA) is 47.1 Å². The maximum absolute atomic E-state index is 6.23. The zero-order chi connectivity index (χ0) is 15.5. The van der Waals surface area contributed by atoms with Gasteiger partial charge in [0, 0.05) is 37.4 Å². The fraction of sp³-hybridized carbons (Fsp3) is 0.824. The van der Waals surface area contributed by atoms with Crippen LogP contribution in [0.5, 0.6) is 0 Å². The van der Waals surface area contributed by atoms with E-state index in [0.717, 1.165) is 24.9 Å². The first kappa shape index (κ1) is 16.5. The SMILES string of the molecule is CC(C)C1CCCC(CN)(N(C)Cc2cnn(C)c2)CC1. The molecule has 120 valence electrons. The third-order valence-electron chi connectivity index (χ3n) is 5.51. The first-order valence-electron chi connectivity index (χ1n) is 8.36. The first-order valence-corrected chi connectivity index (χ1v) is 8.36. The number of aryl methyl sites for hydroxylation is 1. The first-order chi connectivity index (χ1) is 9.97. The van der Waals surface area contributed by atoms with Gasteiger partial charge in [-0.15, -0.1) is 0 Å². The minimum Gasteiger partial charge on any atom is -0.329 e. The molecular formula is C17H32N4. The lowest BCUT2D eigenvalue weighted by Crippen LogP contribution is -2.51. The van der Waals surface area contributed by atoms with Crippen LogP contribution in [0.25, 0.3) is 0 Å². The molecule has 0 spiro atoms. The second kappa shape index (κ2) is 6.93. The van der Waals surface area contributed by atoms with Crippen LogP contribution in [0.4, 0.5) is 0 Å². The molecule has 4 heteroatoms. The van der Waals surface area contributed by atoms with Crippen LogP contribution in [0, 0.1) is 11.8 Å². The van der Waals surface area contributed by atoms with E-state index in [0.29, 0.717) is 0 Å². The molecule has 1 aromatic rings. The smallest absolute Gasteiger partial charge is 0.0534 e. The summed E-state index contributed by atoms with van der Waals surface area (Å²) in [5.74, 6) is 1.66. The standard InChI is InChI=1S/C17H32N4/c1-14(2)16-6-5-8-17(13-18,9-7-16)20(3)11-15-10-19-21(4)12-15/h10,12,14,16H,5-9,11,13,18H2,1-4H3. The van der Waals surface area contributed by atoms with Gasteiger partial charge in [-0.1, -0.05) is 26.7 Å². The quantitative estimate of drug-likeness (QED) is 0.849. The van der Waals surface area contributed by atoms with Crippen molar-refractivity contribution in [1.82, 2.24) is 14.7 Å². The molecule has 0 amide bonds. The predicted octanol–water partition coefficient (Wildman–Crippen LogP) is 2.79. The summed E-state index contributed by atoms with van der Waals surface area (Å²) < 4.78 is 1.88. The molecule has 1 heterocycles. The van der Waals surface area contributed by atoms with E-state index in [-0.39, 0.29) is 5.54 Å². The Morgan fingerprint density at radius 1 is 1.43 bits per heavy atom. The Hall–Kier alpha value is -0.870. The van der Waals surface area contributed by atoms with Crippen molar-refractivity contribution in [2.45, 2.75) is 58.0 Å². The van der Waals surface area contributed by atoms with Gasteiger partial charge >= 0.3 is 0 Å². The van der Waals surface area contributed by atoms with Crippen LogP contribution in [-0.2, 0) is 13.6 Å². The molecular weight excluding hydrogens is 260 g/mol. The van der Waals surface area contributed by atoms with Crippen LogP contribution in [0.3, 0.4) is 0 Å². The fourth-order valence-electron chi connectivity index (χ4n) is 3.82. The Bertz CT molecular complexity index is 440. The monoisotopic (exact) mass is 292 g/mol. The molecule has 1 aromatic heterocycles. The summed E-state index contributed by atoms with van der Waals surface area (Å²) in [5.41, 5.74) is 7.67. The van der Waals surface area contributed by atoms with Crippen molar-refractivity contribution in [2.75, 3.05) is 13.6 Å². The summed E-state index contributed by atoms with van der Waals surface area (Å²) in [4.78, 5) is 2.48. The molecule has 2 atom stereocenters. The van der Waals surface area contributed by atoms with Gasteiger partial charge < -0.3 is 5.73 Å². The molecule has 1 fully saturated rings. The molecule has 1 aliphatic rings. The number of rotatable bonds is 5. The number of nitrogens with two attached hydrogens (primary N) is 1. The molecule has 21 heavy (non-hydrogen) atoms. The van der Waals surface area contributed by atoms with E-state index in [9.17, 15) is 0 Å². The lowest BCUT2D eigenvalue weighted by molar-refractivity contribution is 0.0975. The van der Waals surface area contributed by atoms with Gasteiger partial charge in [-0.3, -0.25) is 9.58 Å². The van der Waals surface area contributed by atoms with Crippen LogP contribution >= 0.6 is 0 Å². The van der Waals surface area contributed by atoms with Crippen LogP contribution < -0.4 is 5.73 Å². The zero-order valence-electron chi connectivity index (χ0n) is 14.2. The van der Waals surface area contributed by atoms with Gasteiger partial charge in [0.2, 0.25) is 0 Å². The van der Waals surface area contributed by atoms with E-state index in [4.69, 9.17) is 5.73 Å². The van der Waals surface area contributed by atoms with Gasteiger partial charge in [0.15, 0.2) is 0 Å². The Kier molecular flexibility index (Phi) is 5.44. The highest BCUT2D eigenvalue weighted by Crippen LogP contribution is 2.37. The zero-order valence-corrected chi connectivity index (χ0v) is 14.2. The lowest BCUT2D eigenvalue weighted by Gasteiger charge is -2.41. The number of aromatic nitrogens is 2. The van der Waals surface area contributed by atoms with Gasteiger partial charge in [0.05, 0.1) is 6.20 Å². The maximum atomic E-state index is 6.23. The van der Waals surface area contributed by atoms with E-state index < -0.39 is 0 Å².